The fourth-order valence-corrected chi connectivity index (χ4v) is 6.98. The quantitative estimate of drug-likeness (QED) is 0.105. The number of carbonyl (C=O) groups is 2. The summed E-state index contributed by atoms with van der Waals surface area (Å²) in [6, 6.07) is 0.229. The number of nitrogens with zero attached hydrogens (tertiary/aromatic N) is 2. The second-order valence-electron chi connectivity index (χ2n) is 10.7. The summed E-state index contributed by atoms with van der Waals surface area (Å²) in [5.74, 6) is -0.672. The molecule has 1 saturated carbocycles. The average molecular weight is 627 g/mol. The number of hydrogen-bond acceptors (Lipinski definition) is 13. The van der Waals surface area contributed by atoms with E-state index in [1.165, 1.54) is 26.1 Å². The lowest BCUT2D eigenvalue weighted by atomic mass is 9.97. The highest BCUT2D eigenvalue weighted by Gasteiger charge is 2.83. The molecule has 2 heterocycles. The number of aromatic nitrogens is 2. The van der Waals surface area contributed by atoms with Crippen LogP contribution in [0.4, 0.5) is 5.82 Å². The van der Waals surface area contributed by atoms with Crippen LogP contribution in [-0.2, 0) is 32.7 Å². The highest BCUT2D eigenvalue weighted by Crippen LogP contribution is 2.66. The van der Waals surface area contributed by atoms with Crippen LogP contribution in [0.1, 0.15) is 47.8 Å². The fraction of sp³-hybridized carbons (Fsp3) is 0.739. The van der Waals surface area contributed by atoms with Crippen LogP contribution >= 0.6 is 31.1 Å². The molecule has 1 aliphatic carbocycles. The maximum absolute atomic E-state index is 13.8. The number of aliphatic hydroxyl groups is 2. The second-order valence-corrected chi connectivity index (χ2v) is 14.3. The molecule has 1 saturated heterocycles. The summed E-state index contributed by atoms with van der Waals surface area (Å²) in [4.78, 5) is 39.0. The molecule has 1 aliphatic heterocycles. The van der Waals surface area contributed by atoms with Crippen LogP contribution in [0.2, 0.25) is 0 Å². The number of nitrogens with one attached hydrogen (secondary N) is 1. The van der Waals surface area contributed by atoms with E-state index in [-0.39, 0.29) is 29.9 Å². The van der Waals surface area contributed by atoms with E-state index >= 15 is 0 Å². The molecular weight excluding hydrogens is 591 g/mol. The van der Waals surface area contributed by atoms with Gasteiger partial charge in [0.05, 0.1) is 24.7 Å². The van der Waals surface area contributed by atoms with Gasteiger partial charge in [-0.2, -0.15) is 4.98 Å². The minimum atomic E-state index is -4.36. The Hall–Kier alpha value is -1.55. The van der Waals surface area contributed by atoms with Crippen molar-refractivity contribution in [3.8, 4) is 0 Å². The number of nitrogen functional groups attached to an aromatic ring is 1. The zero-order valence-electron chi connectivity index (χ0n) is 23.0. The van der Waals surface area contributed by atoms with Crippen LogP contribution in [0.15, 0.2) is 17.1 Å². The van der Waals surface area contributed by atoms with Crippen LogP contribution in [0, 0.1) is 5.41 Å². The molecule has 0 radical (unpaired) electrons. The number of aliphatic hydroxyl groups excluding tert-OH is 1. The minimum absolute atomic E-state index is 0.00494. The molecule has 0 aromatic carbocycles. The summed E-state index contributed by atoms with van der Waals surface area (Å²) < 4.78 is 37.1. The normalized spacial score (nSPS) is 30.0. The highest BCUT2D eigenvalue weighted by atomic mass is 35.5. The van der Waals surface area contributed by atoms with Crippen molar-refractivity contribution in [1.82, 2.24) is 14.6 Å². The van der Waals surface area contributed by atoms with Crippen molar-refractivity contribution in [2.75, 3.05) is 24.7 Å². The molecule has 2 aliphatic rings. The molecule has 14 nitrogen and oxygen atoms in total. The van der Waals surface area contributed by atoms with Crippen molar-refractivity contribution < 1.29 is 42.9 Å². The smallest absolute Gasteiger partial charge is 0.406 e. The van der Waals surface area contributed by atoms with Crippen molar-refractivity contribution in [2.24, 2.45) is 5.41 Å². The SMILES string of the molecule is CC(C)OC(=O)[C@@H](C)NP(=O)(OCCSC(=O)C(C)(C)CO)OC1[C@H]2O[C@@H](n3ccc(N)nc3=O)[C@](C)(Cl)[C@@]12O. The molecule has 226 valence electrons. The second kappa shape index (κ2) is 12.0. The predicted octanol–water partition coefficient (Wildman–Crippen LogP) is 1.18. The lowest BCUT2D eigenvalue weighted by Crippen LogP contribution is -2.47. The van der Waals surface area contributed by atoms with Gasteiger partial charge < -0.3 is 25.4 Å². The van der Waals surface area contributed by atoms with E-state index in [4.69, 9.17) is 35.9 Å². The van der Waals surface area contributed by atoms with Crippen molar-refractivity contribution in [2.45, 2.75) is 82.6 Å². The number of halogens is 1. The molecule has 2 unspecified atom stereocenters. The summed E-state index contributed by atoms with van der Waals surface area (Å²) in [7, 11) is -4.36. The van der Waals surface area contributed by atoms with Gasteiger partial charge in [-0.25, -0.2) is 14.4 Å². The Kier molecular flexibility index (Phi) is 9.87. The molecule has 17 heteroatoms. The van der Waals surface area contributed by atoms with Gasteiger partial charge in [-0.1, -0.05) is 11.8 Å². The highest BCUT2D eigenvalue weighted by molar-refractivity contribution is 8.13. The summed E-state index contributed by atoms with van der Waals surface area (Å²) in [6.45, 7) is 8.69. The van der Waals surface area contributed by atoms with Gasteiger partial charge in [0.2, 0.25) is 0 Å². The molecule has 0 spiro atoms. The van der Waals surface area contributed by atoms with Crippen molar-refractivity contribution in [3.63, 3.8) is 0 Å². The molecule has 1 aromatic rings. The maximum atomic E-state index is 13.8. The van der Waals surface area contributed by atoms with Gasteiger partial charge >= 0.3 is 19.4 Å². The number of ether oxygens (including phenoxy) is 2. The first kappa shape index (κ1) is 33.0. The summed E-state index contributed by atoms with van der Waals surface area (Å²) in [5, 5.41) is 23.0. The zero-order valence-corrected chi connectivity index (χ0v) is 25.5. The van der Waals surface area contributed by atoms with Gasteiger partial charge in [0.15, 0.2) is 11.3 Å². The van der Waals surface area contributed by atoms with Gasteiger partial charge in [-0.05, 0) is 47.6 Å². The van der Waals surface area contributed by atoms with Crippen LogP contribution in [0.3, 0.4) is 0 Å². The Morgan fingerprint density at radius 3 is 2.58 bits per heavy atom. The first-order valence-corrected chi connectivity index (χ1v) is 15.4. The predicted molar refractivity (Wildman–Crippen MR) is 147 cm³/mol. The van der Waals surface area contributed by atoms with Crippen LogP contribution in [0.25, 0.3) is 0 Å². The van der Waals surface area contributed by atoms with E-state index in [2.05, 4.69) is 10.1 Å². The lowest BCUT2D eigenvalue weighted by Gasteiger charge is -2.33. The van der Waals surface area contributed by atoms with Gasteiger partial charge in [-0.15, -0.1) is 11.6 Å². The Labute approximate surface area is 240 Å². The van der Waals surface area contributed by atoms with Gasteiger partial charge in [0, 0.05) is 11.9 Å². The number of anilines is 1. The number of esters is 1. The van der Waals surface area contributed by atoms with E-state index in [0.717, 1.165) is 16.3 Å². The standard InChI is InChI=1S/C23H36ClN4O10PS/c1-12(2)36-17(30)13(3)27-39(34,35-9-10-40-19(31)21(4,5)11-29)38-16-15-23(16,33)22(6,24)18(37-15)28-8-7-14(25)26-20(28)32/h7-8,12-13,15-16,18,29,33H,9-11H2,1-6H3,(H,27,34)(H2,25,26,32)/t13-,15-,16?,18-,22+,23+,39?/m1/s1. The van der Waals surface area contributed by atoms with Crippen LogP contribution < -0.4 is 16.5 Å². The topological polar surface area (TPSA) is 202 Å². The number of hydrogen-bond donors (Lipinski definition) is 4. The average Bonchev–Trinajstić information content (AvgIpc) is 3.34. The third kappa shape index (κ3) is 6.58. The summed E-state index contributed by atoms with van der Waals surface area (Å²) >= 11 is 7.58. The number of fused-ring (bicyclic) bond motifs is 1. The molecule has 2 fully saturated rings. The van der Waals surface area contributed by atoms with E-state index in [1.54, 1.807) is 27.7 Å². The molecule has 3 rings (SSSR count). The Morgan fingerprint density at radius 1 is 1.40 bits per heavy atom. The Bertz CT molecular complexity index is 1230. The summed E-state index contributed by atoms with van der Waals surface area (Å²) in [6.07, 6.45) is -2.64. The van der Waals surface area contributed by atoms with Crippen molar-refractivity contribution in [1.29, 1.82) is 0 Å². The van der Waals surface area contributed by atoms with Gasteiger partial charge in [0.1, 0.15) is 34.5 Å². The number of carbonyl (C=O) groups excluding carboxylic acids is 2. The number of nitrogens with two attached hydrogens (primary N) is 1. The van der Waals surface area contributed by atoms with Crippen LogP contribution in [-0.4, -0.2) is 84.6 Å². The molecular formula is C23H36ClN4O10PS. The fourth-order valence-electron chi connectivity index (χ4n) is 4.00. The third-order valence-electron chi connectivity index (χ3n) is 6.50. The Morgan fingerprint density at radius 2 is 2.05 bits per heavy atom. The van der Waals surface area contributed by atoms with E-state index in [0.29, 0.717) is 0 Å². The monoisotopic (exact) mass is 626 g/mol. The number of rotatable bonds is 13. The largest absolute Gasteiger partial charge is 0.462 e. The first-order chi connectivity index (χ1) is 18.4. The molecule has 40 heavy (non-hydrogen) atoms. The third-order valence-corrected chi connectivity index (χ3v) is 9.90. The molecule has 1 aromatic heterocycles. The van der Waals surface area contributed by atoms with Gasteiger partial charge in [0.25, 0.3) is 0 Å². The summed E-state index contributed by atoms with van der Waals surface area (Å²) in [5.41, 5.74) is 1.92. The minimum Gasteiger partial charge on any atom is -0.462 e. The molecule has 0 amide bonds. The molecule has 0 bridgehead atoms. The van der Waals surface area contributed by atoms with Crippen molar-refractivity contribution >= 4 is 48.0 Å². The number of alkyl halides is 1. The number of thioether (sulfide) groups is 1. The zero-order chi connectivity index (χ0) is 30.3. The van der Waals surface area contributed by atoms with Crippen LogP contribution in [0.5, 0.6) is 0 Å². The van der Waals surface area contributed by atoms with E-state index in [9.17, 15) is 29.2 Å². The van der Waals surface area contributed by atoms with E-state index < -0.39 is 65.9 Å². The Balaban J connectivity index is 1.75. The van der Waals surface area contributed by atoms with Gasteiger partial charge in [-0.3, -0.25) is 23.2 Å². The maximum Gasteiger partial charge on any atom is 0.406 e. The molecule has 7 atom stereocenters. The first-order valence-electron chi connectivity index (χ1n) is 12.5. The lowest BCUT2D eigenvalue weighted by molar-refractivity contribution is -0.149. The van der Waals surface area contributed by atoms with Crippen molar-refractivity contribution in [3.05, 3.63) is 22.7 Å². The molecule has 5 N–H and O–H groups in total. The van der Waals surface area contributed by atoms with E-state index in [1.807, 2.05) is 0 Å².